The van der Waals surface area contributed by atoms with E-state index in [2.05, 4.69) is 17.5 Å². The number of hydrogen-bond donors (Lipinski definition) is 1. The van der Waals surface area contributed by atoms with E-state index >= 15 is 0 Å². The van der Waals surface area contributed by atoms with E-state index in [0.29, 0.717) is 29.2 Å². The monoisotopic (exact) mass is 467 g/mol. The summed E-state index contributed by atoms with van der Waals surface area (Å²) in [7, 11) is 3.14. The van der Waals surface area contributed by atoms with Crippen LogP contribution in [0.4, 0.5) is 0 Å². The summed E-state index contributed by atoms with van der Waals surface area (Å²) in [6, 6.07) is 9.60. The first-order chi connectivity index (χ1) is 15.8. The molecule has 0 saturated carbocycles. The summed E-state index contributed by atoms with van der Waals surface area (Å²) in [4.78, 5) is 28.1. The van der Waals surface area contributed by atoms with Gasteiger partial charge in [0.05, 0.1) is 31.8 Å². The summed E-state index contributed by atoms with van der Waals surface area (Å²) in [5.74, 6) is -0.366. The Kier molecular flexibility index (Phi) is 6.61. The molecule has 2 aliphatic rings. The standard InChI is InChI=1S/C26H29NO5S/c1-14(2)32-26(29)22-15(3)27-18-12-16(21-10-7-11-33-21)13-19(28)24(18)23(22)17-8-6-9-20(30-4)25(17)31-5/h6-12,14,16,23-24,27H,13H2,1-5H3. The van der Waals surface area contributed by atoms with E-state index in [1.54, 1.807) is 31.6 Å². The zero-order valence-electron chi connectivity index (χ0n) is 19.5. The number of nitrogens with one attached hydrogen (secondary N) is 1. The number of rotatable bonds is 6. The highest BCUT2D eigenvalue weighted by Crippen LogP contribution is 2.50. The molecule has 1 N–H and O–H groups in total. The third kappa shape index (κ3) is 4.29. The van der Waals surface area contributed by atoms with Gasteiger partial charge in [0.25, 0.3) is 0 Å². The normalized spacial score (nSPS) is 22.4. The maximum Gasteiger partial charge on any atom is 0.336 e. The molecular weight excluding hydrogens is 438 g/mol. The van der Waals surface area contributed by atoms with Gasteiger partial charge >= 0.3 is 5.97 Å². The van der Waals surface area contributed by atoms with Gasteiger partial charge in [-0.25, -0.2) is 4.79 Å². The van der Waals surface area contributed by atoms with Gasteiger partial charge in [0.2, 0.25) is 0 Å². The number of para-hydroxylation sites is 1. The summed E-state index contributed by atoms with van der Waals surface area (Å²) >= 11 is 1.64. The minimum absolute atomic E-state index is 0.0149. The predicted octanol–water partition coefficient (Wildman–Crippen LogP) is 4.93. The number of allylic oxidation sites excluding steroid dienone is 3. The number of ketones is 1. The molecule has 3 atom stereocenters. The van der Waals surface area contributed by atoms with Crippen molar-refractivity contribution < 1.29 is 23.8 Å². The van der Waals surface area contributed by atoms with Crippen molar-refractivity contribution in [2.24, 2.45) is 5.92 Å². The van der Waals surface area contributed by atoms with E-state index in [9.17, 15) is 9.59 Å². The van der Waals surface area contributed by atoms with Crippen molar-refractivity contribution in [2.45, 2.75) is 45.1 Å². The first-order valence-corrected chi connectivity index (χ1v) is 11.9. The molecule has 0 radical (unpaired) electrons. The summed E-state index contributed by atoms with van der Waals surface area (Å²) in [6.45, 7) is 5.48. The van der Waals surface area contributed by atoms with Crippen LogP contribution in [-0.2, 0) is 14.3 Å². The Morgan fingerprint density at radius 3 is 2.55 bits per heavy atom. The van der Waals surface area contributed by atoms with Gasteiger partial charge in [-0.15, -0.1) is 11.3 Å². The molecule has 2 heterocycles. The number of hydrogen-bond acceptors (Lipinski definition) is 7. The molecule has 174 valence electrons. The Morgan fingerprint density at radius 1 is 1.12 bits per heavy atom. The average Bonchev–Trinajstić information content (AvgIpc) is 3.31. The molecule has 3 unspecified atom stereocenters. The molecule has 1 aliphatic heterocycles. The van der Waals surface area contributed by atoms with Crippen LogP contribution >= 0.6 is 11.3 Å². The van der Waals surface area contributed by atoms with Crippen molar-refractivity contribution in [1.82, 2.24) is 5.32 Å². The van der Waals surface area contributed by atoms with Crippen LogP contribution in [0.25, 0.3) is 0 Å². The zero-order chi connectivity index (χ0) is 23.7. The lowest BCUT2D eigenvalue weighted by Crippen LogP contribution is -2.42. The molecule has 7 heteroatoms. The third-order valence-electron chi connectivity index (χ3n) is 6.10. The van der Waals surface area contributed by atoms with E-state index in [4.69, 9.17) is 14.2 Å². The summed E-state index contributed by atoms with van der Waals surface area (Å²) < 4.78 is 16.8. The van der Waals surface area contributed by atoms with E-state index in [0.717, 1.165) is 16.1 Å². The second-order valence-corrected chi connectivity index (χ2v) is 9.55. The lowest BCUT2D eigenvalue weighted by atomic mass is 9.69. The minimum atomic E-state index is -0.550. The smallest absolute Gasteiger partial charge is 0.336 e. The highest BCUT2D eigenvalue weighted by atomic mass is 32.1. The van der Waals surface area contributed by atoms with Crippen LogP contribution in [0.2, 0.25) is 0 Å². The fraction of sp³-hybridized carbons (Fsp3) is 0.385. The number of Topliss-reactive ketones (excluding diaryl/α,β-unsaturated/α-hetero) is 1. The van der Waals surface area contributed by atoms with Crippen LogP contribution in [-0.4, -0.2) is 32.1 Å². The second kappa shape index (κ2) is 9.43. The number of thiophene rings is 1. The van der Waals surface area contributed by atoms with Crippen molar-refractivity contribution >= 4 is 23.1 Å². The average molecular weight is 468 g/mol. The highest BCUT2D eigenvalue weighted by Gasteiger charge is 2.46. The fourth-order valence-electron chi connectivity index (χ4n) is 4.80. The van der Waals surface area contributed by atoms with E-state index in [-0.39, 0.29) is 17.8 Å². The van der Waals surface area contributed by atoms with Gasteiger partial charge in [-0.3, -0.25) is 4.79 Å². The largest absolute Gasteiger partial charge is 0.493 e. The molecule has 2 aromatic rings. The number of esters is 1. The fourth-order valence-corrected chi connectivity index (χ4v) is 5.60. The lowest BCUT2D eigenvalue weighted by molar-refractivity contribution is -0.143. The van der Waals surface area contributed by atoms with Crippen molar-refractivity contribution in [2.75, 3.05) is 14.2 Å². The number of benzene rings is 1. The second-order valence-electron chi connectivity index (χ2n) is 8.57. The number of methoxy groups -OCH3 is 2. The van der Waals surface area contributed by atoms with Crippen LogP contribution in [0.1, 0.15) is 49.5 Å². The molecule has 0 bridgehead atoms. The molecule has 0 spiro atoms. The van der Waals surface area contributed by atoms with Crippen molar-refractivity contribution in [3.8, 4) is 11.5 Å². The van der Waals surface area contributed by atoms with E-state index in [1.807, 2.05) is 44.4 Å². The quantitative estimate of drug-likeness (QED) is 0.607. The van der Waals surface area contributed by atoms with Crippen LogP contribution in [0.15, 0.2) is 58.8 Å². The molecule has 1 aromatic carbocycles. The van der Waals surface area contributed by atoms with Gasteiger partial charge in [-0.1, -0.05) is 24.3 Å². The molecule has 0 saturated heterocycles. The number of carbonyl (C=O) groups excluding carboxylic acids is 2. The van der Waals surface area contributed by atoms with Gasteiger partial charge in [0, 0.05) is 40.1 Å². The molecular formula is C26H29NO5S. The van der Waals surface area contributed by atoms with Crippen LogP contribution in [0, 0.1) is 5.92 Å². The Hall–Kier alpha value is -3.06. The molecule has 1 aliphatic carbocycles. The van der Waals surface area contributed by atoms with Gasteiger partial charge in [-0.2, -0.15) is 0 Å². The van der Waals surface area contributed by atoms with Gasteiger partial charge in [0.1, 0.15) is 5.78 Å². The Morgan fingerprint density at radius 2 is 1.91 bits per heavy atom. The number of ether oxygens (including phenoxy) is 3. The van der Waals surface area contributed by atoms with Gasteiger partial charge < -0.3 is 19.5 Å². The minimum Gasteiger partial charge on any atom is -0.493 e. The summed E-state index contributed by atoms with van der Waals surface area (Å²) in [6.07, 6.45) is 2.23. The Bertz CT molecular complexity index is 1120. The van der Waals surface area contributed by atoms with Crippen LogP contribution < -0.4 is 14.8 Å². The Labute approximate surface area is 198 Å². The first kappa shape index (κ1) is 23.1. The molecule has 33 heavy (non-hydrogen) atoms. The maximum atomic E-state index is 13.6. The lowest BCUT2D eigenvalue weighted by Gasteiger charge is -2.40. The molecule has 0 amide bonds. The first-order valence-electron chi connectivity index (χ1n) is 11.0. The SMILES string of the molecule is COc1cccc(C2C(C(=O)OC(C)C)=C(C)NC3=CC(c4cccs4)CC(=O)C32)c1OC. The third-order valence-corrected chi connectivity index (χ3v) is 7.11. The molecule has 4 rings (SSSR count). The van der Waals surface area contributed by atoms with Crippen molar-refractivity contribution in [3.05, 3.63) is 69.2 Å². The summed E-state index contributed by atoms with van der Waals surface area (Å²) in [5.41, 5.74) is 2.67. The highest BCUT2D eigenvalue weighted by molar-refractivity contribution is 7.10. The number of fused-ring (bicyclic) bond motifs is 1. The van der Waals surface area contributed by atoms with Crippen LogP contribution in [0.3, 0.4) is 0 Å². The molecule has 6 nitrogen and oxygen atoms in total. The number of carbonyl (C=O) groups is 2. The van der Waals surface area contributed by atoms with Gasteiger partial charge in [0.15, 0.2) is 11.5 Å². The zero-order valence-corrected chi connectivity index (χ0v) is 20.3. The summed E-state index contributed by atoms with van der Waals surface area (Å²) in [5, 5.41) is 5.38. The Balaban J connectivity index is 1.90. The van der Waals surface area contributed by atoms with E-state index in [1.165, 1.54) is 0 Å². The predicted molar refractivity (Wildman–Crippen MR) is 128 cm³/mol. The van der Waals surface area contributed by atoms with Crippen molar-refractivity contribution in [1.29, 1.82) is 0 Å². The maximum absolute atomic E-state index is 13.6. The van der Waals surface area contributed by atoms with Crippen LogP contribution in [0.5, 0.6) is 11.5 Å². The van der Waals surface area contributed by atoms with E-state index < -0.39 is 17.8 Å². The van der Waals surface area contributed by atoms with Gasteiger partial charge in [-0.05, 0) is 38.3 Å². The topological polar surface area (TPSA) is 73.9 Å². The molecule has 0 fully saturated rings. The molecule has 1 aromatic heterocycles. The van der Waals surface area contributed by atoms with Crippen molar-refractivity contribution in [3.63, 3.8) is 0 Å².